The topological polar surface area (TPSA) is 72.0 Å². The highest BCUT2D eigenvalue weighted by Gasteiger charge is 2.22. The second kappa shape index (κ2) is 6.54. The minimum absolute atomic E-state index is 0.165. The molecule has 0 amide bonds. The first-order chi connectivity index (χ1) is 8.89. The van der Waals surface area contributed by atoms with Gasteiger partial charge in [-0.05, 0) is 18.3 Å². The second-order valence-corrected chi connectivity index (χ2v) is 5.45. The molecule has 0 saturated heterocycles. The zero-order chi connectivity index (χ0) is 14.5. The molecule has 1 heterocycles. The lowest BCUT2D eigenvalue weighted by Crippen LogP contribution is -2.29. The van der Waals surface area contributed by atoms with Gasteiger partial charge in [0.15, 0.2) is 0 Å². The molecule has 1 aromatic heterocycles. The normalized spacial score (nSPS) is 11.5. The summed E-state index contributed by atoms with van der Waals surface area (Å²) in [5.41, 5.74) is 0.165. The minimum Gasteiger partial charge on any atom is -0.464 e. The van der Waals surface area contributed by atoms with Crippen LogP contribution in [-0.4, -0.2) is 35.2 Å². The van der Waals surface area contributed by atoms with Crippen molar-refractivity contribution in [3.63, 3.8) is 0 Å². The summed E-state index contributed by atoms with van der Waals surface area (Å²) in [5, 5.41) is 6.16. The summed E-state index contributed by atoms with van der Waals surface area (Å²) in [7, 11) is 1.77. The third-order valence-electron chi connectivity index (χ3n) is 3.38. The number of hydrogen-bond donors (Lipinski definition) is 2. The fourth-order valence-corrected chi connectivity index (χ4v) is 1.25. The van der Waals surface area contributed by atoms with Crippen LogP contribution in [0.4, 0.5) is 11.9 Å². The van der Waals surface area contributed by atoms with Crippen LogP contribution in [-0.2, 0) is 0 Å². The van der Waals surface area contributed by atoms with Gasteiger partial charge in [0.25, 0.3) is 0 Å². The van der Waals surface area contributed by atoms with Crippen LogP contribution in [0.5, 0.6) is 6.01 Å². The summed E-state index contributed by atoms with van der Waals surface area (Å²) in [4.78, 5) is 12.6. The Hall–Kier alpha value is -1.59. The predicted molar refractivity (Wildman–Crippen MR) is 77.7 cm³/mol. The lowest BCUT2D eigenvalue weighted by atomic mass is 9.81. The number of rotatable bonds is 7. The maximum Gasteiger partial charge on any atom is 0.323 e. The predicted octanol–water partition coefficient (Wildman–Crippen LogP) is 2.41. The Kier molecular flexibility index (Phi) is 5.32. The van der Waals surface area contributed by atoms with Crippen molar-refractivity contribution in [2.45, 2.75) is 34.6 Å². The van der Waals surface area contributed by atoms with Gasteiger partial charge >= 0.3 is 6.01 Å². The standard InChI is InChI=1S/C13H25N5O/c1-7-19-12-17-10(14-6)16-11(18-12)15-8-13(4,5)9(2)3/h9H,7-8H2,1-6H3,(H2,14,15,16,17,18). The van der Waals surface area contributed by atoms with E-state index in [0.717, 1.165) is 6.54 Å². The third kappa shape index (κ3) is 4.54. The average molecular weight is 267 g/mol. The molecule has 0 aromatic carbocycles. The van der Waals surface area contributed by atoms with Gasteiger partial charge in [-0.15, -0.1) is 0 Å². The van der Waals surface area contributed by atoms with Gasteiger partial charge in [-0.3, -0.25) is 0 Å². The molecule has 0 atom stereocenters. The van der Waals surface area contributed by atoms with Crippen molar-refractivity contribution in [2.75, 3.05) is 30.8 Å². The highest BCUT2D eigenvalue weighted by atomic mass is 16.5. The third-order valence-corrected chi connectivity index (χ3v) is 3.38. The number of hydrogen-bond acceptors (Lipinski definition) is 6. The van der Waals surface area contributed by atoms with Crippen molar-refractivity contribution in [1.82, 2.24) is 15.0 Å². The Morgan fingerprint density at radius 1 is 1.16 bits per heavy atom. The number of nitrogens with zero attached hydrogens (tertiary/aromatic N) is 3. The van der Waals surface area contributed by atoms with Crippen molar-refractivity contribution in [1.29, 1.82) is 0 Å². The maximum atomic E-state index is 5.33. The van der Waals surface area contributed by atoms with Crippen molar-refractivity contribution in [3.05, 3.63) is 0 Å². The molecule has 0 radical (unpaired) electrons. The average Bonchev–Trinajstić information content (AvgIpc) is 2.36. The van der Waals surface area contributed by atoms with Crippen molar-refractivity contribution < 1.29 is 4.74 Å². The molecule has 19 heavy (non-hydrogen) atoms. The summed E-state index contributed by atoms with van der Waals surface area (Å²) in [6, 6.07) is 0.340. The van der Waals surface area contributed by atoms with Crippen LogP contribution >= 0.6 is 0 Å². The Morgan fingerprint density at radius 2 is 1.79 bits per heavy atom. The largest absolute Gasteiger partial charge is 0.464 e. The fraction of sp³-hybridized carbons (Fsp3) is 0.769. The monoisotopic (exact) mass is 267 g/mol. The summed E-state index contributed by atoms with van der Waals surface area (Å²) < 4.78 is 5.33. The van der Waals surface area contributed by atoms with Crippen LogP contribution in [0, 0.1) is 11.3 Å². The van der Waals surface area contributed by atoms with Crippen LogP contribution < -0.4 is 15.4 Å². The van der Waals surface area contributed by atoms with E-state index < -0.39 is 0 Å². The van der Waals surface area contributed by atoms with Gasteiger partial charge in [0.1, 0.15) is 0 Å². The molecule has 0 aliphatic heterocycles. The summed E-state index contributed by atoms with van der Waals surface area (Å²) in [6.07, 6.45) is 0. The van der Waals surface area contributed by atoms with Crippen molar-refractivity contribution in [3.8, 4) is 6.01 Å². The number of nitrogens with one attached hydrogen (secondary N) is 2. The highest BCUT2D eigenvalue weighted by molar-refractivity contribution is 5.35. The van der Waals surface area contributed by atoms with Gasteiger partial charge in [-0.25, -0.2) is 0 Å². The maximum absolute atomic E-state index is 5.33. The van der Waals surface area contributed by atoms with E-state index in [2.05, 4.69) is 53.3 Å². The van der Waals surface area contributed by atoms with Crippen LogP contribution in [0.1, 0.15) is 34.6 Å². The van der Waals surface area contributed by atoms with Gasteiger partial charge < -0.3 is 15.4 Å². The molecular formula is C13H25N5O. The molecule has 0 saturated carbocycles. The van der Waals surface area contributed by atoms with E-state index in [4.69, 9.17) is 4.74 Å². The van der Waals surface area contributed by atoms with E-state index >= 15 is 0 Å². The minimum atomic E-state index is 0.165. The first-order valence-electron chi connectivity index (χ1n) is 6.69. The zero-order valence-electron chi connectivity index (χ0n) is 12.7. The molecule has 108 valence electrons. The van der Waals surface area contributed by atoms with Gasteiger partial charge in [-0.2, -0.15) is 15.0 Å². The molecule has 0 fully saturated rings. The smallest absolute Gasteiger partial charge is 0.323 e. The lowest BCUT2D eigenvalue weighted by Gasteiger charge is -2.29. The molecule has 2 N–H and O–H groups in total. The van der Waals surface area contributed by atoms with E-state index in [1.807, 2.05) is 6.92 Å². The van der Waals surface area contributed by atoms with E-state index in [1.54, 1.807) is 7.05 Å². The van der Waals surface area contributed by atoms with Crippen LogP contribution in [0.2, 0.25) is 0 Å². The molecule has 0 aliphatic rings. The van der Waals surface area contributed by atoms with Gasteiger partial charge in [0.05, 0.1) is 6.61 Å². The molecule has 0 aliphatic carbocycles. The molecule has 0 bridgehead atoms. The SMILES string of the molecule is CCOc1nc(NC)nc(NCC(C)(C)C(C)C)n1. The Labute approximate surface area is 115 Å². The number of anilines is 2. The lowest BCUT2D eigenvalue weighted by molar-refractivity contribution is 0.268. The van der Waals surface area contributed by atoms with E-state index in [9.17, 15) is 0 Å². The highest BCUT2D eigenvalue weighted by Crippen LogP contribution is 2.26. The van der Waals surface area contributed by atoms with Gasteiger partial charge in [0, 0.05) is 13.6 Å². The Balaban J connectivity index is 2.80. The molecule has 0 unspecified atom stereocenters. The Morgan fingerprint density at radius 3 is 2.32 bits per heavy atom. The van der Waals surface area contributed by atoms with Crippen molar-refractivity contribution >= 4 is 11.9 Å². The molecular weight excluding hydrogens is 242 g/mol. The summed E-state index contributed by atoms with van der Waals surface area (Å²) >= 11 is 0. The Bertz CT molecular complexity index is 406. The first kappa shape index (κ1) is 15.5. The van der Waals surface area contributed by atoms with Crippen LogP contribution in [0.15, 0.2) is 0 Å². The molecule has 1 aromatic rings. The van der Waals surface area contributed by atoms with Crippen molar-refractivity contribution in [2.24, 2.45) is 11.3 Å². The quantitative estimate of drug-likeness (QED) is 0.790. The van der Waals surface area contributed by atoms with E-state index in [-0.39, 0.29) is 5.41 Å². The first-order valence-corrected chi connectivity index (χ1v) is 6.69. The number of aromatic nitrogens is 3. The van der Waals surface area contributed by atoms with Gasteiger partial charge in [0.2, 0.25) is 11.9 Å². The molecule has 6 nitrogen and oxygen atoms in total. The fourth-order valence-electron chi connectivity index (χ4n) is 1.25. The van der Waals surface area contributed by atoms with E-state index in [1.165, 1.54) is 0 Å². The van der Waals surface area contributed by atoms with Crippen LogP contribution in [0.3, 0.4) is 0 Å². The molecule has 6 heteroatoms. The van der Waals surface area contributed by atoms with E-state index in [0.29, 0.717) is 30.4 Å². The second-order valence-electron chi connectivity index (χ2n) is 5.45. The summed E-state index contributed by atoms with van der Waals surface area (Å²) in [5.74, 6) is 1.61. The number of ether oxygens (including phenoxy) is 1. The van der Waals surface area contributed by atoms with Gasteiger partial charge in [-0.1, -0.05) is 27.7 Å². The molecule has 1 rings (SSSR count). The summed E-state index contributed by atoms with van der Waals surface area (Å²) in [6.45, 7) is 12.1. The molecule has 0 spiro atoms. The zero-order valence-corrected chi connectivity index (χ0v) is 12.7. The van der Waals surface area contributed by atoms with Crippen LogP contribution in [0.25, 0.3) is 0 Å².